The van der Waals surface area contributed by atoms with Crippen LogP contribution in [0.15, 0.2) is 42.5 Å². The number of carbonyl (C=O) groups is 3. The number of nitrogens with one attached hydrogen (secondary N) is 2. The number of hydrogen-bond donors (Lipinski definition) is 2. The second-order valence-electron chi connectivity index (χ2n) is 6.66. The van der Waals surface area contributed by atoms with Gasteiger partial charge in [0.2, 0.25) is 5.91 Å². The molecule has 2 aromatic rings. The Bertz CT molecular complexity index is 982. The topological polar surface area (TPSA) is 87.7 Å². The second kappa shape index (κ2) is 7.86. The summed E-state index contributed by atoms with van der Waals surface area (Å²) in [4.78, 5) is 38.0. The first-order chi connectivity index (χ1) is 13.8. The van der Waals surface area contributed by atoms with Gasteiger partial charge in [0.05, 0.1) is 7.11 Å². The number of halogens is 2. The zero-order valence-electron chi connectivity index (χ0n) is 15.8. The molecule has 0 bridgehead atoms. The van der Waals surface area contributed by atoms with Crippen molar-refractivity contribution >= 4 is 17.8 Å². The van der Waals surface area contributed by atoms with Crippen LogP contribution in [0.2, 0.25) is 0 Å². The number of amides is 4. The largest absolute Gasteiger partial charge is 0.496 e. The first-order valence-corrected chi connectivity index (χ1v) is 8.74. The molecular formula is C20H19F2N3O4. The number of urea groups is 1. The summed E-state index contributed by atoms with van der Waals surface area (Å²) in [5, 5.41) is 4.95. The first-order valence-electron chi connectivity index (χ1n) is 8.74. The van der Waals surface area contributed by atoms with Crippen molar-refractivity contribution in [2.24, 2.45) is 0 Å². The number of rotatable bonds is 6. The summed E-state index contributed by atoms with van der Waals surface area (Å²) in [6, 6.07) is 8.82. The quantitative estimate of drug-likeness (QED) is 0.723. The van der Waals surface area contributed by atoms with Crippen LogP contribution in [0, 0.1) is 11.6 Å². The van der Waals surface area contributed by atoms with Gasteiger partial charge in [-0.1, -0.05) is 18.2 Å². The molecule has 0 saturated carbocycles. The van der Waals surface area contributed by atoms with Gasteiger partial charge in [-0.3, -0.25) is 14.5 Å². The van der Waals surface area contributed by atoms with Gasteiger partial charge in [0.1, 0.15) is 29.5 Å². The van der Waals surface area contributed by atoms with Gasteiger partial charge in [0.25, 0.3) is 5.91 Å². The zero-order valence-corrected chi connectivity index (χ0v) is 15.8. The van der Waals surface area contributed by atoms with E-state index in [-0.39, 0.29) is 12.1 Å². The molecule has 29 heavy (non-hydrogen) atoms. The fraction of sp³-hybridized carbons (Fsp3) is 0.250. The lowest BCUT2D eigenvalue weighted by atomic mass is 9.91. The summed E-state index contributed by atoms with van der Waals surface area (Å²) in [6.07, 6.45) is 0. The van der Waals surface area contributed by atoms with E-state index < -0.39 is 41.6 Å². The second-order valence-corrected chi connectivity index (χ2v) is 6.66. The predicted octanol–water partition coefficient (Wildman–Crippen LogP) is 2.06. The van der Waals surface area contributed by atoms with E-state index in [4.69, 9.17) is 4.74 Å². The lowest BCUT2D eigenvalue weighted by molar-refractivity contribution is -0.134. The number of imide groups is 1. The monoisotopic (exact) mass is 403 g/mol. The van der Waals surface area contributed by atoms with E-state index in [2.05, 4.69) is 10.6 Å². The minimum Gasteiger partial charge on any atom is -0.496 e. The zero-order chi connectivity index (χ0) is 21.2. The van der Waals surface area contributed by atoms with Gasteiger partial charge in [-0.15, -0.1) is 0 Å². The van der Waals surface area contributed by atoms with E-state index in [9.17, 15) is 23.2 Å². The van der Waals surface area contributed by atoms with Gasteiger partial charge in [-0.2, -0.15) is 0 Å². The molecule has 2 N–H and O–H groups in total. The van der Waals surface area contributed by atoms with Crippen molar-refractivity contribution in [1.29, 1.82) is 0 Å². The Labute approximate surface area is 165 Å². The van der Waals surface area contributed by atoms with Gasteiger partial charge in [0, 0.05) is 17.7 Å². The van der Waals surface area contributed by atoms with E-state index in [1.54, 1.807) is 24.3 Å². The van der Waals surface area contributed by atoms with E-state index in [0.29, 0.717) is 16.2 Å². The standard InChI is InChI=1S/C20H19F2N3O4/c1-20(14-9-13(21)7-8-15(14)22)18(27)25(19(28)24-20)11-17(26)23-10-12-5-3-4-6-16(12)29-2/h3-9H,10-11H2,1-2H3,(H,23,26)(H,24,28)/t20-/m1/s1. The number of para-hydroxylation sites is 1. The lowest BCUT2D eigenvalue weighted by Crippen LogP contribution is -2.43. The molecule has 0 radical (unpaired) electrons. The molecule has 0 spiro atoms. The predicted molar refractivity (Wildman–Crippen MR) is 98.8 cm³/mol. The maximum atomic E-state index is 14.2. The van der Waals surface area contributed by atoms with E-state index in [0.717, 1.165) is 18.2 Å². The van der Waals surface area contributed by atoms with Crippen LogP contribution < -0.4 is 15.4 Å². The Kier molecular flexibility index (Phi) is 5.49. The number of methoxy groups -OCH3 is 1. The van der Waals surface area contributed by atoms with Gasteiger partial charge in [-0.05, 0) is 31.2 Å². The molecule has 4 amide bonds. The summed E-state index contributed by atoms with van der Waals surface area (Å²) in [5.74, 6) is -2.46. The summed E-state index contributed by atoms with van der Waals surface area (Å²) < 4.78 is 32.9. The number of carbonyl (C=O) groups excluding carboxylic acids is 3. The van der Waals surface area contributed by atoms with Crippen molar-refractivity contribution in [1.82, 2.24) is 15.5 Å². The summed E-state index contributed by atoms with van der Waals surface area (Å²) in [7, 11) is 1.50. The molecule has 1 heterocycles. The first kappa shape index (κ1) is 20.2. The maximum Gasteiger partial charge on any atom is 0.325 e. The molecule has 3 rings (SSSR count). The normalized spacial score (nSPS) is 18.6. The molecule has 1 atom stereocenters. The van der Waals surface area contributed by atoms with Gasteiger partial charge in [0.15, 0.2) is 0 Å². The Balaban J connectivity index is 1.71. The van der Waals surface area contributed by atoms with Crippen molar-refractivity contribution in [2.75, 3.05) is 13.7 Å². The van der Waals surface area contributed by atoms with Gasteiger partial charge in [-0.25, -0.2) is 13.6 Å². The van der Waals surface area contributed by atoms with Crippen molar-refractivity contribution in [3.8, 4) is 5.75 Å². The molecule has 0 unspecified atom stereocenters. The highest BCUT2D eigenvalue weighted by atomic mass is 19.1. The van der Waals surface area contributed by atoms with Crippen LogP contribution in [0.5, 0.6) is 5.75 Å². The summed E-state index contributed by atoms with van der Waals surface area (Å²) in [6.45, 7) is 0.826. The van der Waals surface area contributed by atoms with E-state index in [1.807, 2.05) is 0 Å². The molecule has 1 fully saturated rings. The van der Waals surface area contributed by atoms with Crippen molar-refractivity contribution in [3.05, 3.63) is 65.2 Å². The number of nitrogens with zero attached hydrogens (tertiary/aromatic N) is 1. The van der Waals surface area contributed by atoms with Crippen LogP contribution in [0.25, 0.3) is 0 Å². The van der Waals surface area contributed by atoms with Crippen molar-refractivity contribution < 1.29 is 27.9 Å². The highest BCUT2D eigenvalue weighted by Crippen LogP contribution is 2.31. The molecular weight excluding hydrogens is 384 g/mol. The molecule has 9 heteroatoms. The minimum absolute atomic E-state index is 0.127. The number of ether oxygens (including phenoxy) is 1. The summed E-state index contributed by atoms with van der Waals surface area (Å²) >= 11 is 0. The molecule has 0 aliphatic carbocycles. The van der Waals surface area contributed by atoms with Crippen molar-refractivity contribution in [2.45, 2.75) is 19.0 Å². The third-order valence-corrected chi connectivity index (χ3v) is 4.71. The molecule has 1 aliphatic rings. The van der Waals surface area contributed by atoms with Crippen LogP contribution in [0.4, 0.5) is 13.6 Å². The molecule has 0 aromatic heterocycles. The summed E-state index contributed by atoms with van der Waals surface area (Å²) in [5.41, 5.74) is -1.41. The average Bonchev–Trinajstić information content (AvgIpc) is 2.92. The number of hydrogen-bond acceptors (Lipinski definition) is 4. The molecule has 2 aromatic carbocycles. The van der Waals surface area contributed by atoms with Crippen molar-refractivity contribution in [3.63, 3.8) is 0 Å². The maximum absolute atomic E-state index is 14.2. The van der Waals surface area contributed by atoms with Crippen LogP contribution in [0.3, 0.4) is 0 Å². The Morgan fingerprint density at radius 3 is 2.66 bits per heavy atom. The minimum atomic E-state index is -1.81. The molecule has 1 saturated heterocycles. The third kappa shape index (κ3) is 3.89. The Morgan fingerprint density at radius 1 is 1.21 bits per heavy atom. The van der Waals surface area contributed by atoms with E-state index >= 15 is 0 Å². The van der Waals surface area contributed by atoms with Gasteiger partial charge >= 0.3 is 6.03 Å². The Morgan fingerprint density at radius 2 is 1.93 bits per heavy atom. The average molecular weight is 403 g/mol. The smallest absolute Gasteiger partial charge is 0.325 e. The lowest BCUT2D eigenvalue weighted by Gasteiger charge is -2.22. The van der Waals surface area contributed by atoms with Crippen LogP contribution in [-0.2, 0) is 21.7 Å². The van der Waals surface area contributed by atoms with Crippen LogP contribution in [0.1, 0.15) is 18.1 Å². The highest BCUT2D eigenvalue weighted by molar-refractivity contribution is 6.09. The van der Waals surface area contributed by atoms with E-state index in [1.165, 1.54) is 14.0 Å². The fourth-order valence-corrected chi connectivity index (χ4v) is 3.15. The Hall–Kier alpha value is -3.49. The fourth-order valence-electron chi connectivity index (χ4n) is 3.15. The highest BCUT2D eigenvalue weighted by Gasteiger charge is 2.50. The van der Waals surface area contributed by atoms with Crippen LogP contribution >= 0.6 is 0 Å². The van der Waals surface area contributed by atoms with Crippen LogP contribution in [-0.4, -0.2) is 36.4 Å². The molecule has 152 valence electrons. The van der Waals surface area contributed by atoms with Gasteiger partial charge < -0.3 is 15.4 Å². The molecule has 7 nitrogen and oxygen atoms in total. The molecule has 1 aliphatic heterocycles. The SMILES string of the molecule is COc1ccccc1CNC(=O)CN1C(=O)N[C@](C)(c2cc(F)ccc2F)C1=O. The third-order valence-electron chi connectivity index (χ3n) is 4.71. The number of benzene rings is 2.